The number of halogens is 2. The summed E-state index contributed by atoms with van der Waals surface area (Å²) in [4.78, 5) is 0. The second kappa shape index (κ2) is 5.65. The zero-order valence-corrected chi connectivity index (χ0v) is 7.70. The van der Waals surface area contributed by atoms with Gasteiger partial charge in [-0.2, -0.15) is 0 Å². The Morgan fingerprint density at radius 3 is 2.50 bits per heavy atom. The molecule has 0 aromatic heterocycles. The number of unbranched alkanes of at least 4 members (excludes halogenated alkanes) is 1. The van der Waals surface area contributed by atoms with Crippen molar-refractivity contribution < 1.29 is 0 Å². The summed E-state index contributed by atoms with van der Waals surface area (Å²) in [6.07, 6.45) is 8.11. The Balaban J connectivity index is 2.85. The van der Waals surface area contributed by atoms with E-state index in [1.165, 1.54) is 0 Å². The van der Waals surface area contributed by atoms with Gasteiger partial charge in [0.2, 0.25) is 0 Å². The molecule has 0 nitrogen and oxygen atoms in total. The Bertz CT molecular complexity index is 81.0. The molecule has 0 aliphatic heterocycles. The van der Waals surface area contributed by atoms with Crippen LogP contribution in [0.1, 0.15) is 19.3 Å². The number of hydrogen-bond donors (Lipinski definition) is 0. The largest absolute Gasteiger partial charge is 0.120 e. The second-order valence-corrected chi connectivity index (χ2v) is 4.93. The summed E-state index contributed by atoms with van der Waals surface area (Å²) < 4.78 is 0.434. The van der Waals surface area contributed by atoms with Crippen molar-refractivity contribution >= 4 is 31.9 Å². The Morgan fingerprint density at radius 1 is 1.50 bits per heavy atom. The Morgan fingerprint density at radius 2 is 2.12 bits per heavy atom. The van der Waals surface area contributed by atoms with Crippen molar-refractivity contribution in [3.05, 3.63) is 0 Å². The van der Waals surface area contributed by atoms with E-state index < -0.39 is 0 Å². The number of alkyl halides is 2. The topological polar surface area (TPSA) is 0 Å². The van der Waals surface area contributed by atoms with Crippen molar-refractivity contribution in [2.24, 2.45) is 0 Å². The predicted molar refractivity (Wildman–Crippen MR) is 44.3 cm³/mol. The van der Waals surface area contributed by atoms with Crippen molar-refractivity contribution in [2.75, 3.05) is 0 Å². The molecule has 0 unspecified atom stereocenters. The summed E-state index contributed by atoms with van der Waals surface area (Å²) in [6.45, 7) is 0. The molecule has 0 saturated heterocycles. The van der Waals surface area contributed by atoms with Gasteiger partial charge >= 0.3 is 0 Å². The van der Waals surface area contributed by atoms with Crippen LogP contribution >= 0.6 is 31.9 Å². The maximum absolute atomic E-state index is 5.03. The summed E-state index contributed by atoms with van der Waals surface area (Å²) in [5, 5.41) is 0. The molecule has 0 spiro atoms. The Labute approximate surface area is 67.3 Å². The fourth-order valence-corrected chi connectivity index (χ4v) is 1.01. The van der Waals surface area contributed by atoms with E-state index in [4.69, 9.17) is 6.42 Å². The minimum absolute atomic E-state index is 0.434. The first-order valence-electron chi connectivity index (χ1n) is 2.49. The van der Waals surface area contributed by atoms with Crippen molar-refractivity contribution in [3.8, 4) is 12.3 Å². The second-order valence-electron chi connectivity index (χ2n) is 1.49. The van der Waals surface area contributed by atoms with Gasteiger partial charge in [-0.15, -0.1) is 12.3 Å². The molecule has 0 amide bonds. The first-order chi connectivity index (χ1) is 3.77. The van der Waals surface area contributed by atoms with Crippen molar-refractivity contribution in [3.63, 3.8) is 0 Å². The molecule has 0 bridgehead atoms. The van der Waals surface area contributed by atoms with Crippen LogP contribution < -0.4 is 0 Å². The summed E-state index contributed by atoms with van der Waals surface area (Å²) in [5.74, 6) is 2.58. The highest BCUT2D eigenvalue weighted by molar-refractivity contribution is 9.24. The fraction of sp³-hybridized carbons (Fsp3) is 0.667. The molecule has 0 heterocycles. The summed E-state index contributed by atoms with van der Waals surface area (Å²) in [5.41, 5.74) is 0. The maximum atomic E-state index is 5.03. The lowest BCUT2D eigenvalue weighted by Crippen LogP contribution is -1.82. The van der Waals surface area contributed by atoms with Crippen molar-refractivity contribution in [2.45, 2.75) is 23.0 Å². The van der Waals surface area contributed by atoms with Gasteiger partial charge in [0.15, 0.2) is 0 Å². The third-order valence-corrected chi connectivity index (χ3v) is 1.66. The Kier molecular flexibility index (Phi) is 6.02. The standard InChI is InChI=1S/C6H8Br2/c1-2-3-4-5-6(7)8/h1,6H,3-5H2. The van der Waals surface area contributed by atoms with Crippen LogP contribution in [0, 0.1) is 12.3 Å². The smallest absolute Gasteiger partial charge is 0.0698 e. The van der Waals surface area contributed by atoms with Crippen LogP contribution in [0.2, 0.25) is 0 Å². The van der Waals surface area contributed by atoms with E-state index >= 15 is 0 Å². The number of terminal acetylenes is 1. The molecule has 0 N–H and O–H groups in total. The molecule has 0 radical (unpaired) electrons. The molecular formula is C6H8Br2. The highest BCUT2D eigenvalue weighted by Gasteiger charge is 1.93. The molecule has 0 aliphatic carbocycles. The van der Waals surface area contributed by atoms with Crippen LogP contribution in [-0.4, -0.2) is 3.74 Å². The van der Waals surface area contributed by atoms with Crippen molar-refractivity contribution in [1.82, 2.24) is 0 Å². The van der Waals surface area contributed by atoms with Gasteiger partial charge in [0, 0.05) is 6.42 Å². The van der Waals surface area contributed by atoms with Gasteiger partial charge in [-0.05, 0) is 12.8 Å². The quantitative estimate of drug-likeness (QED) is 0.404. The van der Waals surface area contributed by atoms with Gasteiger partial charge in [0.05, 0.1) is 3.74 Å². The lowest BCUT2D eigenvalue weighted by Gasteiger charge is -1.94. The SMILES string of the molecule is C#CCCCC(Br)Br. The zero-order valence-electron chi connectivity index (χ0n) is 4.53. The van der Waals surface area contributed by atoms with Gasteiger partial charge in [0.1, 0.15) is 0 Å². The average molecular weight is 240 g/mol. The lowest BCUT2D eigenvalue weighted by molar-refractivity contribution is 0.826. The molecule has 0 aliphatic rings. The molecule has 0 rings (SSSR count). The van der Waals surface area contributed by atoms with E-state index in [9.17, 15) is 0 Å². The van der Waals surface area contributed by atoms with Crippen LogP contribution in [0.4, 0.5) is 0 Å². The van der Waals surface area contributed by atoms with Gasteiger partial charge in [-0.3, -0.25) is 0 Å². The van der Waals surface area contributed by atoms with Crippen LogP contribution in [0.15, 0.2) is 0 Å². The summed E-state index contributed by atoms with van der Waals surface area (Å²) in [7, 11) is 0. The van der Waals surface area contributed by atoms with Gasteiger partial charge in [-0.25, -0.2) is 0 Å². The fourth-order valence-electron chi connectivity index (χ4n) is 0.358. The van der Waals surface area contributed by atoms with E-state index in [1.54, 1.807) is 0 Å². The van der Waals surface area contributed by atoms with Crippen molar-refractivity contribution in [1.29, 1.82) is 0 Å². The third kappa shape index (κ3) is 6.52. The van der Waals surface area contributed by atoms with Crippen LogP contribution in [0.5, 0.6) is 0 Å². The maximum Gasteiger partial charge on any atom is 0.0698 e. The third-order valence-electron chi connectivity index (χ3n) is 0.743. The highest BCUT2D eigenvalue weighted by Crippen LogP contribution is 2.15. The summed E-state index contributed by atoms with van der Waals surface area (Å²) >= 11 is 6.71. The zero-order chi connectivity index (χ0) is 6.41. The minimum Gasteiger partial charge on any atom is -0.120 e. The summed E-state index contributed by atoms with van der Waals surface area (Å²) in [6, 6.07) is 0. The Hall–Kier alpha value is 0.520. The van der Waals surface area contributed by atoms with Gasteiger partial charge < -0.3 is 0 Å². The number of hydrogen-bond acceptors (Lipinski definition) is 0. The van der Waals surface area contributed by atoms with E-state index in [1.807, 2.05) is 0 Å². The number of rotatable bonds is 3. The van der Waals surface area contributed by atoms with Crippen LogP contribution in [-0.2, 0) is 0 Å². The molecule has 0 atom stereocenters. The molecular weight excluding hydrogens is 232 g/mol. The molecule has 0 aromatic rings. The molecule has 2 heteroatoms. The minimum atomic E-state index is 0.434. The van der Waals surface area contributed by atoms with Crippen LogP contribution in [0.25, 0.3) is 0 Å². The molecule has 46 valence electrons. The van der Waals surface area contributed by atoms with E-state index in [0.29, 0.717) is 3.74 Å². The van der Waals surface area contributed by atoms with E-state index in [-0.39, 0.29) is 0 Å². The first kappa shape index (κ1) is 8.52. The monoisotopic (exact) mass is 238 g/mol. The predicted octanol–water partition coefficient (Wildman–Crippen LogP) is 2.91. The highest BCUT2D eigenvalue weighted by atomic mass is 79.9. The average Bonchev–Trinajstić information content (AvgIpc) is 1.66. The molecule has 8 heavy (non-hydrogen) atoms. The molecule has 0 saturated carbocycles. The molecule has 0 fully saturated rings. The van der Waals surface area contributed by atoms with E-state index in [0.717, 1.165) is 19.3 Å². The van der Waals surface area contributed by atoms with Gasteiger partial charge in [0.25, 0.3) is 0 Å². The molecule has 0 aromatic carbocycles. The lowest BCUT2D eigenvalue weighted by atomic mass is 10.3. The van der Waals surface area contributed by atoms with Gasteiger partial charge in [-0.1, -0.05) is 31.9 Å². The van der Waals surface area contributed by atoms with Crippen LogP contribution in [0.3, 0.4) is 0 Å². The first-order valence-corrected chi connectivity index (χ1v) is 4.32. The normalized spacial score (nSPS) is 9.25. The van der Waals surface area contributed by atoms with E-state index in [2.05, 4.69) is 37.8 Å².